The molecule has 1 saturated heterocycles. The molecule has 5 nitrogen and oxygen atoms in total. The zero-order valence-electron chi connectivity index (χ0n) is 12.2. The van der Waals surface area contributed by atoms with Gasteiger partial charge in [-0.2, -0.15) is 0 Å². The van der Waals surface area contributed by atoms with Crippen LogP contribution in [0.2, 0.25) is 0 Å². The summed E-state index contributed by atoms with van der Waals surface area (Å²) in [6, 6.07) is 5.65. The Hall–Kier alpha value is -1.11. The van der Waals surface area contributed by atoms with Crippen molar-refractivity contribution >= 4 is 21.8 Å². The number of halogens is 1. The van der Waals surface area contributed by atoms with Crippen LogP contribution in [0.1, 0.15) is 18.9 Å². The van der Waals surface area contributed by atoms with Crippen molar-refractivity contribution in [1.29, 1.82) is 0 Å². The molecule has 0 aromatic heterocycles. The highest BCUT2D eigenvalue weighted by Gasteiger charge is 2.39. The molecule has 0 saturated carbocycles. The number of benzene rings is 1. The minimum Gasteiger partial charge on any atom is -0.483 e. The average Bonchev–Trinajstić information content (AvgIpc) is 2.76. The lowest BCUT2D eigenvalue weighted by atomic mass is 9.97. The molecule has 1 aliphatic rings. The van der Waals surface area contributed by atoms with Crippen LogP contribution in [-0.2, 0) is 9.53 Å². The molecule has 2 atom stereocenters. The third-order valence-corrected chi connectivity index (χ3v) is 4.32. The van der Waals surface area contributed by atoms with Crippen molar-refractivity contribution in [3.05, 3.63) is 28.2 Å². The van der Waals surface area contributed by atoms with E-state index in [1.165, 1.54) is 0 Å². The van der Waals surface area contributed by atoms with Crippen molar-refractivity contribution < 1.29 is 19.4 Å². The van der Waals surface area contributed by atoms with E-state index in [-0.39, 0.29) is 25.2 Å². The van der Waals surface area contributed by atoms with Gasteiger partial charge in [-0.1, -0.05) is 6.07 Å². The van der Waals surface area contributed by atoms with Crippen LogP contribution in [0.5, 0.6) is 5.75 Å². The molecule has 0 aliphatic carbocycles. The van der Waals surface area contributed by atoms with Crippen LogP contribution < -0.4 is 10.1 Å². The Morgan fingerprint density at radius 2 is 2.38 bits per heavy atom. The van der Waals surface area contributed by atoms with Crippen LogP contribution in [0.4, 0.5) is 0 Å². The number of aryl methyl sites for hydroxylation is 1. The molecule has 1 amide bonds. The number of ether oxygens (including phenoxy) is 2. The van der Waals surface area contributed by atoms with Gasteiger partial charge in [0.25, 0.3) is 5.91 Å². The minimum absolute atomic E-state index is 0.0903. The predicted molar refractivity (Wildman–Crippen MR) is 82.4 cm³/mol. The lowest BCUT2D eigenvalue weighted by molar-refractivity contribution is -0.124. The Morgan fingerprint density at radius 3 is 3.00 bits per heavy atom. The zero-order chi connectivity index (χ0) is 15.5. The van der Waals surface area contributed by atoms with Gasteiger partial charge in [0, 0.05) is 19.6 Å². The van der Waals surface area contributed by atoms with Gasteiger partial charge >= 0.3 is 0 Å². The maximum Gasteiger partial charge on any atom is 0.258 e. The monoisotopic (exact) mass is 357 g/mol. The third kappa shape index (κ3) is 4.18. The molecule has 1 aromatic rings. The van der Waals surface area contributed by atoms with Crippen LogP contribution in [-0.4, -0.2) is 42.5 Å². The van der Waals surface area contributed by atoms with Gasteiger partial charge in [-0.15, -0.1) is 0 Å². The Bertz CT molecular complexity index is 522. The van der Waals surface area contributed by atoms with Crippen molar-refractivity contribution in [2.24, 2.45) is 0 Å². The quantitative estimate of drug-likeness (QED) is 0.842. The second-order valence-corrected chi connectivity index (χ2v) is 6.22. The number of hydrogen-bond acceptors (Lipinski definition) is 4. The summed E-state index contributed by atoms with van der Waals surface area (Å²) in [7, 11) is 0. The van der Waals surface area contributed by atoms with Gasteiger partial charge in [0.05, 0.1) is 10.6 Å². The summed E-state index contributed by atoms with van der Waals surface area (Å²) in [6.45, 7) is 4.38. The highest BCUT2D eigenvalue weighted by molar-refractivity contribution is 9.10. The van der Waals surface area contributed by atoms with Gasteiger partial charge in [-0.25, -0.2) is 0 Å². The van der Waals surface area contributed by atoms with E-state index in [2.05, 4.69) is 21.2 Å². The normalized spacial score (nSPS) is 24.9. The van der Waals surface area contributed by atoms with E-state index >= 15 is 0 Å². The van der Waals surface area contributed by atoms with Gasteiger partial charge in [-0.05, 0) is 47.5 Å². The summed E-state index contributed by atoms with van der Waals surface area (Å²) < 4.78 is 11.6. The number of nitrogens with one attached hydrogen (secondary N) is 1. The largest absolute Gasteiger partial charge is 0.483 e. The lowest BCUT2D eigenvalue weighted by Crippen LogP contribution is -2.48. The van der Waals surface area contributed by atoms with Crippen LogP contribution in [0.25, 0.3) is 0 Å². The summed E-state index contributed by atoms with van der Waals surface area (Å²) >= 11 is 3.39. The molecule has 2 N–H and O–H groups in total. The maximum absolute atomic E-state index is 11.8. The van der Waals surface area contributed by atoms with Crippen LogP contribution in [0.3, 0.4) is 0 Å². The highest BCUT2D eigenvalue weighted by atomic mass is 79.9. The van der Waals surface area contributed by atoms with Gasteiger partial charge in [0.2, 0.25) is 0 Å². The fourth-order valence-corrected chi connectivity index (χ4v) is 2.78. The third-order valence-electron chi connectivity index (χ3n) is 3.70. The number of carbonyl (C=O) groups is 1. The molecule has 2 rings (SSSR count). The number of aliphatic hydroxyl groups is 1. The van der Waals surface area contributed by atoms with Crippen molar-refractivity contribution in [3.63, 3.8) is 0 Å². The van der Waals surface area contributed by atoms with Crippen LogP contribution >= 0.6 is 15.9 Å². The summed E-state index contributed by atoms with van der Waals surface area (Å²) in [5.74, 6) is 0.349. The standard InChI is InChI=1S/C15H20BrNO4/c1-10-3-4-13(12(16)7-10)21-8-14(18)17-9-15(19)5-6-20-11(15)2/h3-4,7,11,19H,5-6,8-9H2,1-2H3,(H,17,18). The molecule has 0 radical (unpaired) electrons. The Kier molecular flexibility index (Phi) is 5.24. The molecule has 1 fully saturated rings. The smallest absolute Gasteiger partial charge is 0.258 e. The maximum atomic E-state index is 11.8. The minimum atomic E-state index is -0.986. The van der Waals surface area contributed by atoms with E-state index in [1.54, 1.807) is 6.92 Å². The van der Waals surface area contributed by atoms with Crippen LogP contribution in [0.15, 0.2) is 22.7 Å². The second-order valence-electron chi connectivity index (χ2n) is 5.37. The molecule has 0 bridgehead atoms. The first-order valence-corrected chi connectivity index (χ1v) is 7.70. The molecular formula is C15H20BrNO4. The number of rotatable bonds is 5. The fourth-order valence-electron chi connectivity index (χ4n) is 2.17. The number of amides is 1. The number of carbonyl (C=O) groups excluding carboxylic acids is 1. The molecule has 116 valence electrons. The summed E-state index contributed by atoms with van der Waals surface area (Å²) in [6.07, 6.45) is 0.253. The van der Waals surface area contributed by atoms with E-state index in [0.29, 0.717) is 18.8 Å². The van der Waals surface area contributed by atoms with E-state index in [0.717, 1.165) is 10.0 Å². The molecule has 21 heavy (non-hydrogen) atoms. The second kappa shape index (κ2) is 6.77. The Morgan fingerprint density at radius 1 is 1.62 bits per heavy atom. The zero-order valence-corrected chi connectivity index (χ0v) is 13.8. The fraction of sp³-hybridized carbons (Fsp3) is 0.533. The molecule has 6 heteroatoms. The van der Waals surface area contributed by atoms with E-state index in [9.17, 15) is 9.90 Å². The molecular weight excluding hydrogens is 338 g/mol. The van der Waals surface area contributed by atoms with E-state index in [1.807, 2.05) is 25.1 Å². The van der Waals surface area contributed by atoms with Gasteiger partial charge in [0.1, 0.15) is 11.4 Å². The van der Waals surface area contributed by atoms with Gasteiger partial charge in [0.15, 0.2) is 6.61 Å². The molecule has 0 spiro atoms. The molecule has 1 aliphatic heterocycles. The van der Waals surface area contributed by atoms with E-state index < -0.39 is 5.60 Å². The van der Waals surface area contributed by atoms with Gasteiger partial charge < -0.3 is 19.9 Å². The van der Waals surface area contributed by atoms with Crippen molar-refractivity contribution in [2.45, 2.75) is 32.0 Å². The summed E-state index contributed by atoms with van der Waals surface area (Å²) in [5, 5.41) is 13.0. The topological polar surface area (TPSA) is 67.8 Å². The molecule has 1 aromatic carbocycles. The highest BCUT2D eigenvalue weighted by Crippen LogP contribution is 2.26. The average molecular weight is 358 g/mol. The first kappa shape index (κ1) is 16.3. The van der Waals surface area contributed by atoms with Crippen molar-refractivity contribution in [2.75, 3.05) is 19.8 Å². The molecule has 1 heterocycles. The first-order chi connectivity index (χ1) is 9.90. The van der Waals surface area contributed by atoms with E-state index in [4.69, 9.17) is 9.47 Å². The summed E-state index contributed by atoms with van der Waals surface area (Å²) in [5.41, 5.74) is 0.122. The number of hydrogen-bond donors (Lipinski definition) is 2. The van der Waals surface area contributed by atoms with Crippen molar-refractivity contribution in [3.8, 4) is 5.75 Å². The SMILES string of the molecule is Cc1ccc(OCC(=O)NCC2(O)CCOC2C)c(Br)c1. The lowest BCUT2D eigenvalue weighted by Gasteiger charge is -2.26. The van der Waals surface area contributed by atoms with Crippen molar-refractivity contribution in [1.82, 2.24) is 5.32 Å². The first-order valence-electron chi connectivity index (χ1n) is 6.90. The predicted octanol–water partition coefficient (Wildman–Crippen LogP) is 1.79. The Balaban J connectivity index is 1.80. The van der Waals surface area contributed by atoms with Gasteiger partial charge in [-0.3, -0.25) is 4.79 Å². The molecule has 2 unspecified atom stereocenters. The summed E-state index contributed by atoms with van der Waals surface area (Å²) in [4.78, 5) is 11.8. The van der Waals surface area contributed by atoms with Crippen LogP contribution in [0, 0.1) is 6.92 Å². The Labute approximate surface area is 132 Å².